The molecule has 4 rings (SSSR count). The summed E-state index contributed by atoms with van der Waals surface area (Å²) in [6.45, 7) is 3.22. The molecule has 0 aliphatic carbocycles. The molecule has 0 radical (unpaired) electrons. The number of halogens is 1. The van der Waals surface area contributed by atoms with E-state index < -0.39 is 0 Å². The van der Waals surface area contributed by atoms with E-state index in [-0.39, 0.29) is 6.10 Å². The summed E-state index contributed by atoms with van der Waals surface area (Å²) in [5.41, 5.74) is 3.10. The van der Waals surface area contributed by atoms with Crippen LogP contribution in [0.5, 0.6) is 5.75 Å². The molecule has 134 valence electrons. The third-order valence-electron chi connectivity index (χ3n) is 4.77. The number of rotatable bonds is 4. The van der Waals surface area contributed by atoms with Crippen LogP contribution in [-0.2, 0) is 11.3 Å². The topological polar surface area (TPSA) is 34.6 Å². The molecule has 1 aliphatic heterocycles. The summed E-state index contributed by atoms with van der Waals surface area (Å²) in [6.07, 6.45) is 0.0985. The Balaban J connectivity index is 1.53. The lowest BCUT2D eigenvalue weighted by atomic mass is 10.1. The number of benzene rings is 2. The van der Waals surface area contributed by atoms with Crippen molar-refractivity contribution >= 4 is 22.5 Å². The van der Waals surface area contributed by atoms with Crippen molar-refractivity contribution in [3.05, 3.63) is 70.9 Å². The summed E-state index contributed by atoms with van der Waals surface area (Å²) >= 11 is 6.46. The Morgan fingerprint density at radius 1 is 1.19 bits per heavy atom. The second-order valence-electron chi connectivity index (χ2n) is 6.50. The number of aromatic nitrogens is 1. The second kappa shape index (κ2) is 7.62. The van der Waals surface area contributed by atoms with Crippen LogP contribution in [0.25, 0.3) is 10.9 Å². The van der Waals surface area contributed by atoms with Gasteiger partial charge in [-0.15, -0.1) is 0 Å². The normalized spacial score (nSPS) is 18.2. The minimum Gasteiger partial charge on any atom is -0.497 e. The molecule has 0 N–H and O–H groups in total. The smallest absolute Gasteiger partial charge is 0.134 e. The molecule has 0 amide bonds. The third kappa shape index (κ3) is 3.68. The number of nitrogens with zero attached hydrogens (tertiary/aromatic N) is 2. The fraction of sp³-hybridized carbons (Fsp3) is 0.286. The van der Waals surface area contributed by atoms with Crippen molar-refractivity contribution in [3.8, 4) is 5.75 Å². The molecule has 0 spiro atoms. The number of hydrogen-bond acceptors (Lipinski definition) is 4. The van der Waals surface area contributed by atoms with Crippen molar-refractivity contribution in [1.82, 2.24) is 9.88 Å². The Morgan fingerprint density at radius 3 is 2.85 bits per heavy atom. The van der Waals surface area contributed by atoms with Crippen LogP contribution in [0.1, 0.15) is 17.2 Å². The molecule has 1 fully saturated rings. The molecular weight excluding hydrogens is 348 g/mol. The number of morpholine rings is 1. The van der Waals surface area contributed by atoms with Gasteiger partial charge in [0.15, 0.2) is 0 Å². The largest absolute Gasteiger partial charge is 0.497 e. The quantitative estimate of drug-likeness (QED) is 0.636. The third-order valence-corrected chi connectivity index (χ3v) is 5.09. The molecule has 3 aromatic rings. The van der Waals surface area contributed by atoms with Gasteiger partial charge >= 0.3 is 0 Å². The summed E-state index contributed by atoms with van der Waals surface area (Å²) < 4.78 is 11.2. The Hall–Kier alpha value is -2.14. The molecule has 5 heteroatoms. The van der Waals surface area contributed by atoms with Gasteiger partial charge in [0.2, 0.25) is 0 Å². The van der Waals surface area contributed by atoms with Crippen molar-refractivity contribution in [1.29, 1.82) is 0 Å². The monoisotopic (exact) mass is 368 g/mol. The van der Waals surface area contributed by atoms with Gasteiger partial charge in [0.1, 0.15) is 10.9 Å². The van der Waals surface area contributed by atoms with Crippen molar-refractivity contribution in [2.75, 3.05) is 26.8 Å². The molecule has 26 heavy (non-hydrogen) atoms. The molecule has 2 heterocycles. The van der Waals surface area contributed by atoms with E-state index in [1.54, 1.807) is 7.11 Å². The van der Waals surface area contributed by atoms with Gasteiger partial charge in [0.25, 0.3) is 0 Å². The van der Waals surface area contributed by atoms with Crippen LogP contribution in [0.4, 0.5) is 0 Å². The highest BCUT2D eigenvalue weighted by Crippen LogP contribution is 2.27. The number of pyridine rings is 1. The van der Waals surface area contributed by atoms with E-state index >= 15 is 0 Å². The first-order valence-corrected chi connectivity index (χ1v) is 9.13. The zero-order valence-electron chi connectivity index (χ0n) is 14.7. The first-order chi connectivity index (χ1) is 12.7. The Morgan fingerprint density at radius 2 is 2.04 bits per heavy atom. The van der Waals surface area contributed by atoms with Gasteiger partial charge in [-0.05, 0) is 23.8 Å². The molecular formula is C21H21ClN2O2. The SMILES string of the molecule is COc1ccc2cc(CN3CCO[C@@H](c4ccccc4)C3)c(Cl)nc2c1. The van der Waals surface area contributed by atoms with E-state index in [9.17, 15) is 0 Å². The molecule has 0 bridgehead atoms. The zero-order valence-corrected chi connectivity index (χ0v) is 15.4. The maximum Gasteiger partial charge on any atom is 0.134 e. The van der Waals surface area contributed by atoms with E-state index in [1.165, 1.54) is 5.56 Å². The van der Waals surface area contributed by atoms with Crippen molar-refractivity contribution in [2.24, 2.45) is 0 Å². The van der Waals surface area contributed by atoms with Gasteiger partial charge in [-0.25, -0.2) is 4.98 Å². The number of fused-ring (bicyclic) bond motifs is 1. The number of methoxy groups -OCH3 is 1. The first kappa shape index (κ1) is 17.3. The van der Waals surface area contributed by atoms with Crippen LogP contribution in [0.15, 0.2) is 54.6 Å². The molecule has 1 atom stereocenters. The highest BCUT2D eigenvalue weighted by Gasteiger charge is 2.22. The summed E-state index contributed by atoms with van der Waals surface area (Å²) in [4.78, 5) is 6.93. The van der Waals surface area contributed by atoms with Crippen LogP contribution in [0.2, 0.25) is 5.15 Å². The molecule has 1 saturated heterocycles. The minimum atomic E-state index is 0.0985. The van der Waals surface area contributed by atoms with Gasteiger partial charge in [0, 0.05) is 36.7 Å². The maximum absolute atomic E-state index is 6.46. The number of ether oxygens (including phenoxy) is 2. The van der Waals surface area contributed by atoms with E-state index in [2.05, 4.69) is 40.2 Å². The van der Waals surface area contributed by atoms with Gasteiger partial charge in [-0.2, -0.15) is 0 Å². The molecule has 0 saturated carbocycles. The molecule has 0 unspecified atom stereocenters. The lowest BCUT2D eigenvalue weighted by molar-refractivity contribution is -0.0329. The molecule has 2 aromatic carbocycles. The van der Waals surface area contributed by atoms with Crippen molar-refractivity contribution in [3.63, 3.8) is 0 Å². The lowest BCUT2D eigenvalue weighted by Gasteiger charge is -2.33. The van der Waals surface area contributed by atoms with Crippen LogP contribution in [0.3, 0.4) is 0 Å². The average molecular weight is 369 g/mol. The zero-order chi connectivity index (χ0) is 17.9. The van der Waals surface area contributed by atoms with Crippen LogP contribution in [-0.4, -0.2) is 36.7 Å². The van der Waals surface area contributed by atoms with Crippen LogP contribution >= 0.6 is 11.6 Å². The molecule has 4 nitrogen and oxygen atoms in total. The fourth-order valence-electron chi connectivity index (χ4n) is 3.36. The second-order valence-corrected chi connectivity index (χ2v) is 6.86. The fourth-order valence-corrected chi connectivity index (χ4v) is 3.57. The predicted molar refractivity (Wildman–Crippen MR) is 104 cm³/mol. The average Bonchev–Trinajstić information content (AvgIpc) is 2.69. The predicted octanol–water partition coefficient (Wildman–Crippen LogP) is 4.47. The maximum atomic E-state index is 6.46. The molecule has 1 aromatic heterocycles. The summed E-state index contributed by atoms with van der Waals surface area (Å²) in [7, 11) is 1.65. The van der Waals surface area contributed by atoms with E-state index in [0.29, 0.717) is 5.15 Å². The highest BCUT2D eigenvalue weighted by molar-refractivity contribution is 6.30. The first-order valence-electron chi connectivity index (χ1n) is 8.75. The lowest BCUT2D eigenvalue weighted by Crippen LogP contribution is -2.37. The van der Waals surface area contributed by atoms with Gasteiger partial charge < -0.3 is 9.47 Å². The van der Waals surface area contributed by atoms with Crippen molar-refractivity contribution < 1.29 is 9.47 Å². The standard InChI is InChI=1S/C21H21ClN2O2/c1-25-18-8-7-16-11-17(21(22)23-19(16)12-18)13-24-9-10-26-20(14-24)15-5-3-2-4-6-15/h2-8,11-12,20H,9-10,13-14H2,1H3/t20-/m1/s1. The molecule has 1 aliphatic rings. The van der Waals surface area contributed by atoms with Gasteiger partial charge in [-0.1, -0.05) is 41.9 Å². The Labute approximate surface area is 158 Å². The Bertz CT molecular complexity index is 901. The van der Waals surface area contributed by atoms with Gasteiger partial charge in [0.05, 0.1) is 25.3 Å². The minimum absolute atomic E-state index is 0.0985. The van der Waals surface area contributed by atoms with E-state index in [0.717, 1.165) is 48.5 Å². The summed E-state index contributed by atoms with van der Waals surface area (Å²) in [6, 6.07) is 18.4. The number of hydrogen-bond donors (Lipinski definition) is 0. The van der Waals surface area contributed by atoms with Crippen LogP contribution < -0.4 is 4.74 Å². The van der Waals surface area contributed by atoms with Crippen LogP contribution in [0, 0.1) is 0 Å². The summed E-state index contributed by atoms with van der Waals surface area (Å²) in [5.74, 6) is 0.785. The van der Waals surface area contributed by atoms with E-state index in [4.69, 9.17) is 21.1 Å². The Kier molecular flexibility index (Phi) is 5.07. The van der Waals surface area contributed by atoms with Gasteiger partial charge in [-0.3, -0.25) is 4.90 Å². The van der Waals surface area contributed by atoms with Crippen molar-refractivity contribution in [2.45, 2.75) is 12.6 Å². The highest BCUT2D eigenvalue weighted by atomic mass is 35.5. The van der Waals surface area contributed by atoms with E-state index in [1.807, 2.05) is 24.3 Å². The summed E-state index contributed by atoms with van der Waals surface area (Å²) in [5, 5.41) is 1.62.